The molecule has 0 aromatic heterocycles. The largest absolute Gasteiger partial charge is 0.338 e. The molecule has 6 nitrogen and oxygen atoms in total. The van der Waals surface area contributed by atoms with Crippen LogP contribution in [0.15, 0.2) is 89.8 Å². The summed E-state index contributed by atoms with van der Waals surface area (Å²) < 4.78 is 28.2. The fourth-order valence-electron chi connectivity index (χ4n) is 4.61. The molecule has 1 saturated heterocycles. The Bertz CT molecular complexity index is 1160. The summed E-state index contributed by atoms with van der Waals surface area (Å²) in [6.07, 6.45) is 3.21. The van der Waals surface area contributed by atoms with E-state index in [1.54, 1.807) is 16.4 Å². The van der Waals surface area contributed by atoms with Crippen LogP contribution < -0.4 is 10.6 Å². The van der Waals surface area contributed by atoms with Gasteiger partial charge in [0.15, 0.2) is 0 Å². The molecule has 1 heterocycles. The highest BCUT2D eigenvalue weighted by Crippen LogP contribution is 2.27. The molecule has 3 aromatic rings. The molecular weight excluding hydrogens is 458 g/mol. The molecule has 1 fully saturated rings. The highest BCUT2D eigenvalue weighted by Gasteiger charge is 2.33. The maximum atomic E-state index is 13.3. The Morgan fingerprint density at radius 2 is 1.51 bits per heavy atom. The summed E-state index contributed by atoms with van der Waals surface area (Å²) in [4.78, 5) is 13.1. The van der Waals surface area contributed by atoms with Crippen molar-refractivity contribution in [3.8, 4) is 0 Å². The first kappa shape index (κ1) is 24.9. The predicted molar refractivity (Wildman–Crippen MR) is 139 cm³/mol. The van der Waals surface area contributed by atoms with Crippen molar-refractivity contribution in [1.82, 2.24) is 14.9 Å². The minimum absolute atomic E-state index is 0.130. The number of carbonyl (C=O) groups excluding carboxylic acids is 1. The Balaban J connectivity index is 1.39. The molecule has 4 rings (SSSR count). The molecule has 3 aromatic carbocycles. The molecule has 2 N–H and O–H groups in total. The molecule has 0 saturated carbocycles. The van der Waals surface area contributed by atoms with Gasteiger partial charge in [0, 0.05) is 19.1 Å². The average molecular weight is 492 g/mol. The number of hydrogen-bond donors (Lipinski definition) is 2. The molecule has 35 heavy (non-hydrogen) atoms. The summed E-state index contributed by atoms with van der Waals surface area (Å²) in [6, 6.07) is 26.0. The fourth-order valence-corrected chi connectivity index (χ4v) is 6.33. The highest BCUT2D eigenvalue weighted by molar-refractivity contribution is 7.89. The number of nitrogens with one attached hydrogen (secondary N) is 2. The molecule has 0 bridgehead atoms. The van der Waals surface area contributed by atoms with Gasteiger partial charge in [-0.3, -0.25) is 0 Å². The molecule has 1 aliphatic heterocycles. The summed E-state index contributed by atoms with van der Waals surface area (Å²) in [5.41, 5.74) is 3.02. The predicted octanol–water partition coefficient (Wildman–Crippen LogP) is 5.02. The molecular formula is C28H33N3O3S. The van der Waals surface area contributed by atoms with Crippen LogP contribution in [0.5, 0.6) is 0 Å². The van der Waals surface area contributed by atoms with Crippen LogP contribution in [-0.4, -0.2) is 37.9 Å². The Hall–Kier alpha value is -3.16. The third kappa shape index (κ3) is 6.29. The van der Waals surface area contributed by atoms with Gasteiger partial charge in [0.05, 0.1) is 10.9 Å². The van der Waals surface area contributed by atoms with Gasteiger partial charge in [-0.2, -0.15) is 4.31 Å². The minimum atomic E-state index is -3.56. The van der Waals surface area contributed by atoms with Crippen molar-refractivity contribution in [3.63, 3.8) is 0 Å². The smallest absolute Gasteiger partial charge is 0.315 e. The van der Waals surface area contributed by atoms with Crippen LogP contribution in [-0.2, 0) is 10.0 Å². The number of piperidine rings is 1. The van der Waals surface area contributed by atoms with E-state index in [2.05, 4.69) is 10.6 Å². The topological polar surface area (TPSA) is 78.5 Å². The highest BCUT2D eigenvalue weighted by atomic mass is 32.2. The van der Waals surface area contributed by atoms with Crippen molar-refractivity contribution in [3.05, 3.63) is 102 Å². The molecule has 0 aliphatic carbocycles. The molecule has 0 spiro atoms. The van der Waals surface area contributed by atoms with E-state index in [0.717, 1.165) is 36.0 Å². The fraction of sp³-hybridized carbons (Fsp3) is 0.321. The second-order valence-corrected chi connectivity index (χ2v) is 10.9. The van der Waals surface area contributed by atoms with Crippen molar-refractivity contribution >= 4 is 16.1 Å². The summed E-state index contributed by atoms with van der Waals surface area (Å²) in [5, 5.41) is 6.03. The summed E-state index contributed by atoms with van der Waals surface area (Å²) in [7, 11) is -3.56. The Morgan fingerprint density at radius 3 is 2.11 bits per heavy atom. The first-order valence-corrected chi connectivity index (χ1v) is 13.6. The van der Waals surface area contributed by atoms with Gasteiger partial charge in [0.1, 0.15) is 0 Å². The number of nitrogens with zero attached hydrogens (tertiary/aromatic N) is 1. The van der Waals surface area contributed by atoms with Crippen LogP contribution in [0.3, 0.4) is 0 Å². The lowest BCUT2D eigenvalue weighted by Gasteiger charge is -2.35. The van der Waals surface area contributed by atoms with Crippen molar-refractivity contribution in [2.75, 3.05) is 13.1 Å². The van der Waals surface area contributed by atoms with E-state index in [1.807, 2.05) is 79.7 Å². The van der Waals surface area contributed by atoms with Crippen molar-refractivity contribution in [2.45, 2.75) is 49.6 Å². The molecule has 1 atom stereocenters. The number of rotatable bonds is 8. The third-order valence-corrected chi connectivity index (χ3v) is 8.47. The number of amides is 2. The van der Waals surface area contributed by atoms with E-state index >= 15 is 0 Å². The third-order valence-electron chi connectivity index (χ3n) is 6.51. The molecule has 2 amide bonds. The van der Waals surface area contributed by atoms with Gasteiger partial charge in [0.2, 0.25) is 10.0 Å². The second-order valence-electron chi connectivity index (χ2n) is 9.02. The standard InChI is InChI=1S/C28H33N3O3S/c1-22-15-17-26(18-16-22)35(33,34)31-21-9-8-14-25(31)19-20-29-28(32)30-27(23-10-4-2-5-11-23)24-12-6-3-7-13-24/h2-7,10-13,15-18,25,27H,8-9,14,19-21H2,1H3,(H2,29,30,32). The van der Waals surface area contributed by atoms with Crippen LogP contribution >= 0.6 is 0 Å². The maximum Gasteiger partial charge on any atom is 0.315 e. The number of benzene rings is 3. The van der Waals surface area contributed by atoms with E-state index < -0.39 is 10.0 Å². The SMILES string of the molecule is Cc1ccc(S(=O)(=O)N2CCCCC2CCNC(=O)NC(c2ccccc2)c2ccccc2)cc1. The Morgan fingerprint density at radius 1 is 0.914 bits per heavy atom. The zero-order chi connectivity index (χ0) is 24.7. The van der Waals surface area contributed by atoms with Gasteiger partial charge >= 0.3 is 6.03 Å². The van der Waals surface area contributed by atoms with Crippen molar-refractivity contribution in [2.24, 2.45) is 0 Å². The number of urea groups is 1. The van der Waals surface area contributed by atoms with Crippen LogP contribution in [0, 0.1) is 6.92 Å². The normalized spacial score (nSPS) is 16.7. The summed E-state index contributed by atoms with van der Waals surface area (Å²) in [5.74, 6) is 0. The van der Waals surface area contributed by atoms with Gasteiger partial charge < -0.3 is 10.6 Å². The van der Waals surface area contributed by atoms with Crippen LogP contribution in [0.2, 0.25) is 0 Å². The maximum absolute atomic E-state index is 13.3. The number of hydrogen-bond acceptors (Lipinski definition) is 3. The number of carbonyl (C=O) groups is 1. The van der Waals surface area contributed by atoms with Gasteiger partial charge in [0.25, 0.3) is 0 Å². The van der Waals surface area contributed by atoms with E-state index in [9.17, 15) is 13.2 Å². The zero-order valence-corrected chi connectivity index (χ0v) is 20.9. The van der Waals surface area contributed by atoms with Gasteiger partial charge in [-0.15, -0.1) is 0 Å². The van der Waals surface area contributed by atoms with Crippen LogP contribution in [0.4, 0.5) is 4.79 Å². The summed E-state index contributed by atoms with van der Waals surface area (Å²) >= 11 is 0. The second kappa shape index (κ2) is 11.5. The molecule has 1 aliphatic rings. The van der Waals surface area contributed by atoms with Gasteiger partial charge in [-0.05, 0) is 49.4 Å². The molecule has 184 valence electrons. The van der Waals surface area contributed by atoms with Crippen LogP contribution in [0.25, 0.3) is 0 Å². The molecule has 0 radical (unpaired) electrons. The number of sulfonamides is 1. The Labute approximate surface area is 208 Å². The quantitative estimate of drug-likeness (QED) is 0.465. The van der Waals surface area contributed by atoms with Gasteiger partial charge in [-0.1, -0.05) is 84.8 Å². The average Bonchev–Trinajstić information content (AvgIpc) is 2.89. The van der Waals surface area contributed by atoms with Crippen molar-refractivity contribution < 1.29 is 13.2 Å². The first-order chi connectivity index (χ1) is 16.9. The molecule has 7 heteroatoms. The zero-order valence-electron chi connectivity index (χ0n) is 20.1. The first-order valence-electron chi connectivity index (χ1n) is 12.2. The molecule has 1 unspecified atom stereocenters. The van der Waals surface area contributed by atoms with Crippen LogP contribution in [0.1, 0.15) is 48.4 Å². The van der Waals surface area contributed by atoms with Crippen molar-refractivity contribution in [1.29, 1.82) is 0 Å². The number of aryl methyl sites for hydroxylation is 1. The van der Waals surface area contributed by atoms with E-state index in [4.69, 9.17) is 0 Å². The summed E-state index contributed by atoms with van der Waals surface area (Å²) in [6.45, 7) is 2.85. The minimum Gasteiger partial charge on any atom is -0.338 e. The van der Waals surface area contributed by atoms with Gasteiger partial charge in [-0.25, -0.2) is 13.2 Å². The lowest BCUT2D eigenvalue weighted by molar-refractivity contribution is 0.227. The Kier molecular flexibility index (Phi) is 8.21. The van der Waals surface area contributed by atoms with E-state index in [-0.39, 0.29) is 18.1 Å². The lowest BCUT2D eigenvalue weighted by atomic mass is 9.99. The van der Waals surface area contributed by atoms with E-state index in [1.165, 1.54) is 0 Å². The lowest BCUT2D eigenvalue weighted by Crippen LogP contribution is -2.46. The monoisotopic (exact) mass is 491 g/mol. The van der Waals surface area contributed by atoms with E-state index in [0.29, 0.717) is 24.4 Å².